The minimum Gasteiger partial charge on any atom is -0.491 e. The summed E-state index contributed by atoms with van der Waals surface area (Å²) in [5, 5.41) is 0.0880. The number of hydrogen-bond donors (Lipinski definition) is 0. The summed E-state index contributed by atoms with van der Waals surface area (Å²) in [4.78, 5) is 0. The highest BCUT2D eigenvalue weighted by Crippen LogP contribution is 2.31. The van der Waals surface area contributed by atoms with Crippen molar-refractivity contribution in [1.29, 1.82) is 0 Å². The van der Waals surface area contributed by atoms with E-state index in [9.17, 15) is 0 Å². The van der Waals surface area contributed by atoms with Gasteiger partial charge in [-0.05, 0) is 25.5 Å². The molecule has 0 saturated heterocycles. The third kappa shape index (κ3) is 3.61. The molecule has 0 radical (unpaired) electrons. The first-order valence-corrected chi connectivity index (χ1v) is 6.80. The van der Waals surface area contributed by atoms with Gasteiger partial charge in [0, 0.05) is 6.61 Å². The van der Waals surface area contributed by atoms with E-state index in [1.54, 1.807) is 0 Å². The van der Waals surface area contributed by atoms with Crippen molar-refractivity contribution in [2.75, 3.05) is 19.8 Å². The Morgan fingerprint density at radius 3 is 2.61 bits per heavy atom. The zero-order valence-electron chi connectivity index (χ0n) is 10.5. The highest BCUT2D eigenvalue weighted by Gasteiger charge is 2.41. The number of hydrogen-bond acceptors (Lipinski definition) is 3. The van der Waals surface area contributed by atoms with Gasteiger partial charge in [-0.2, -0.15) is 0 Å². The molecule has 100 valence electrons. The zero-order chi connectivity index (χ0) is 12.8. The van der Waals surface area contributed by atoms with Crippen molar-refractivity contribution in [1.82, 2.24) is 0 Å². The fourth-order valence-electron chi connectivity index (χ4n) is 1.97. The molecule has 1 aromatic carbocycles. The van der Waals surface area contributed by atoms with Crippen LogP contribution >= 0.6 is 11.6 Å². The van der Waals surface area contributed by atoms with Crippen molar-refractivity contribution >= 4 is 11.6 Å². The predicted molar refractivity (Wildman–Crippen MR) is 71.3 cm³/mol. The van der Waals surface area contributed by atoms with Gasteiger partial charge >= 0.3 is 0 Å². The summed E-state index contributed by atoms with van der Waals surface area (Å²) in [7, 11) is 0. The first-order valence-electron chi connectivity index (χ1n) is 6.36. The molecule has 1 aliphatic carbocycles. The summed E-state index contributed by atoms with van der Waals surface area (Å²) < 4.78 is 16.8. The molecule has 1 saturated carbocycles. The summed E-state index contributed by atoms with van der Waals surface area (Å²) in [6.07, 6.45) is 1.01. The highest BCUT2D eigenvalue weighted by molar-refractivity contribution is 6.21. The van der Waals surface area contributed by atoms with E-state index in [1.165, 1.54) is 0 Å². The van der Waals surface area contributed by atoms with Gasteiger partial charge in [0.2, 0.25) is 0 Å². The van der Waals surface area contributed by atoms with Crippen LogP contribution in [0.5, 0.6) is 5.75 Å². The van der Waals surface area contributed by atoms with Crippen LogP contribution < -0.4 is 4.74 Å². The molecule has 1 aromatic rings. The maximum Gasteiger partial charge on any atom is 0.119 e. The lowest BCUT2D eigenvalue weighted by Crippen LogP contribution is -2.51. The van der Waals surface area contributed by atoms with Crippen molar-refractivity contribution in [3.05, 3.63) is 30.3 Å². The third-order valence-corrected chi connectivity index (χ3v) is 3.39. The summed E-state index contributed by atoms with van der Waals surface area (Å²) in [6, 6.07) is 9.73. The van der Waals surface area contributed by atoms with E-state index in [4.69, 9.17) is 25.8 Å². The lowest BCUT2D eigenvalue weighted by Gasteiger charge is -2.40. The predicted octanol–water partition coefficient (Wildman–Crippen LogP) is 2.87. The molecule has 2 rings (SSSR count). The molecule has 0 bridgehead atoms. The molecule has 1 fully saturated rings. The number of para-hydroxylation sites is 1. The average molecular weight is 271 g/mol. The van der Waals surface area contributed by atoms with Crippen molar-refractivity contribution in [2.45, 2.75) is 30.9 Å². The Labute approximate surface area is 113 Å². The summed E-state index contributed by atoms with van der Waals surface area (Å²) in [5.41, 5.74) is 0. The highest BCUT2D eigenvalue weighted by atomic mass is 35.5. The molecule has 0 aromatic heterocycles. The van der Waals surface area contributed by atoms with Gasteiger partial charge in [0.05, 0.1) is 18.1 Å². The molecular formula is C14H19ClO3. The molecule has 3 atom stereocenters. The molecule has 1 aliphatic rings. The molecule has 0 aliphatic heterocycles. The van der Waals surface area contributed by atoms with Crippen LogP contribution in [-0.4, -0.2) is 37.4 Å². The second-order valence-electron chi connectivity index (χ2n) is 4.24. The molecule has 0 amide bonds. The van der Waals surface area contributed by atoms with Gasteiger partial charge in [0.1, 0.15) is 18.5 Å². The van der Waals surface area contributed by atoms with Crippen LogP contribution in [0.1, 0.15) is 13.3 Å². The van der Waals surface area contributed by atoms with Crippen molar-refractivity contribution in [2.24, 2.45) is 0 Å². The minimum atomic E-state index is 0.0355. The van der Waals surface area contributed by atoms with Gasteiger partial charge in [0.25, 0.3) is 0 Å². The van der Waals surface area contributed by atoms with Crippen LogP contribution in [0.25, 0.3) is 0 Å². The third-order valence-electron chi connectivity index (χ3n) is 2.97. The lowest BCUT2D eigenvalue weighted by atomic mass is 9.91. The Bertz CT molecular complexity index is 344. The number of rotatable bonds is 7. The van der Waals surface area contributed by atoms with Crippen LogP contribution in [0.15, 0.2) is 30.3 Å². The summed E-state index contributed by atoms with van der Waals surface area (Å²) in [6.45, 7) is 3.75. The lowest BCUT2D eigenvalue weighted by molar-refractivity contribution is -0.125. The molecule has 0 spiro atoms. The van der Waals surface area contributed by atoms with Gasteiger partial charge in [-0.15, -0.1) is 11.6 Å². The topological polar surface area (TPSA) is 27.7 Å². The molecule has 3 unspecified atom stereocenters. The molecule has 0 N–H and O–H groups in total. The maximum atomic E-state index is 6.06. The monoisotopic (exact) mass is 270 g/mol. The molecule has 18 heavy (non-hydrogen) atoms. The Hall–Kier alpha value is -0.770. The number of ether oxygens (including phenoxy) is 3. The molecule has 0 heterocycles. The fraction of sp³-hybridized carbons (Fsp3) is 0.571. The van der Waals surface area contributed by atoms with Crippen LogP contribution in [0.2, 0.25) is 0 Å². The van der Waals surface area contributed by atoms with Gasteiger partial charge in [-0.25, -0.2) is 0 Å². The zero-order valence-corrected chi connectivity index (χ0v) is 11.3. The largest absolute Gasteiger partial charge is 0.491 e. The Kier molecular flexibility index (Phi) is 5.29. The van der Waals surface area contributed by atoms with E-state index in [2.05, 4.69) is 0 Å². The van der Waals surface area contributed by atoms with E-state index < -0.39 is 0 Å². The average Bonchev–Trinajstić information content (AvgIpc) is 2.41. The van der Waals surface area contributed by atoms with Gasteiger partial charge in [0.15, 0.2) is 0 Å². The Balaban J connectivity index is 1.61. The van der Waals surface area contributed by atoms with E-state index >= 15 is 0 Å². The molecular weight excluding hydrogens is 252 g/mol. The quantitative estimate of drug-likeness (QED) is 0.563. The number of alkyl halides is 1. The van der Waals surface area contributed by atoms with Crippen molar-refractivity contribution in [3.8, 4) is 5.75 Å². The standard InChI is InChI=1S/C14H19ClO3/c1-2-16-14-12(15)10-13(14)18-9-8-17-11-6-4-3-5-7-11/h3-7,12-14H,2,8-10H2,1H3. The van der Waals surface area contributed by atoms with Gasteiger partial charge in [-0.3, -0.25) is 0 Å². The molecule has 4 heteroatoms. The van der Waals surface area contributed by atoms with E-state index in [0.717, 1.165) is 12.2 Å². The SMILES string of the molecule is CCOC1C(Cl)CC1OCCOc1ccccc1. The number of benzene rings is 1. The van der Waals surface area contributed by atoms with Gasteiger partial charge in [-0.1, -0.05) is 18.2 Å². The van der Waals surface area contributed by atoms with Crippen molar-refractivity contribution < 1.29 is 14.2 Å². The maximum absolute atomic E-state index is 6.06. The van der Waals surface area contributed by atoms with Crippen LogP contribution in [0, 0.1) is 0 Å². The minimum absolute atomic E-state index is 0.0355. The Morgan fingerprint density at radius 1 is 1.17 bits per heavy atom. The van der Waals surface area contributed by atoms with E-state index in [-0.39, 0.29) is 17.6 Å². The normalized spacial score (nSPS) is 26.7. The van der Waals surface area contributed by atoms with Crippen LogP contribution in [0.3, 0.4) is 0 Å². The second kappa shape index (κ2) is 6.98. The Morgan fingerprint density at radius 2 is 1.94 bits per heavy atom. The first kappa shape index (κ1) is 13.7. The van der Waals surface area contributed by atoms with Gasteiger partial charge < -0.3 is 14.2 Å². The van der Waals surface area contributed by atoms with E-state index in [0.29, 0.717) is 19.8 Å². The summed E-state index contributed by atoms with van der Waals surface area (Å²) >= 11 is 6.06. The molecule has 3 nitrogen and oxygen atoms in total. The summed E-state index contributed by atoms with van der Waals surface area (Å²) in [5.74, 6) is 0.867. The number of halogens is 1. The van der Waals surface area contributed by atoms with Crippen molar-refractivity contribution in [3.63, 3.8) is 0 Å². The van der Waals surface area contributed by atoms with E-state index in [1.807, 2.05) is 37.3 Å². The fourth-order valence-corrected chi connectivity index (χ4v) is 2.38. The second-order valence-corrected chi connectivity index (χ2v) is 4.80. The smallest absolute Gasteiger partial charge is 0.119 e. The first-order chi connectivity index (χ1) is 8.81. The van der Waals surface area contributed by atoms with Crippen LogP contribution in [-0.2, 0) is 9.47 Å². The van der Waals surface area contributed by atoms with Crippen LogP contribution in [0.4, 0.5) is 0 Å².